The second-order valence-corrected chi connectivity index (χ2v) is 9.39. The summed E-state index contributed by atoms with van der Waals surface area (Å²) in [5.74, 6) is 6.54. The summed E-state index contributed by atoms with van der Waals surface area (Å²) >= 11 is 0. The van der Waals surface area contributed by atoms with Crippen LogP contribution in [0.5, 0.6) is 0 Å². The second-order valence-electron chi connectivity index (χ2n) is 9.39. The van der Waals surface area contributed by atoms with Gasteiger partial charge < -0.3 is 10.2 Å². The Bertz CT molecular complexity index is 549. The molecule has 0 aliphatic heterocycles. The third kappa shape index (κ3) is 1.02. The molecule has 0 saturated heterocycles. The SMILES string of the molecule is C=C[C@@]1(O)C[C@H]2[C@H]3C[C@](O)(C=C)[C@@H]4[C@H]3C3C5[C@H](CC[C@@H]54)[C@H]1[C@H]32. The number of hydrogen-bond donors (Lipinski definition) is 2. The zero-order chi connectivity index (χ0) is 15.0. The maximum Gasteiger partial charge on any atom is 0.0861 e. The van der Waals surface area contributed by atoms with Crippen molar-refractivity contribution in [2.24, 2.45) is 59.2 Å². The lowest BCUT2D eigenvalue weighted by molar-refractivity contribution is 0.00621. The van der Waals surface area contributed by atoms with Crippen molar-refractivity contribution >= 4 is 0 Å². The molecule has 6 rings (SSSR count). The van der Waals surface area contributed by atoms with Crippen molar-refractivity contribution < 1.29 is 10.2 Å². The van der Waals surface area contributed by atoms with Crippen LogP contribution in [0.15, 0.2) is 25.3 Å². The highest BCUT2D eigenvalue weighted by Gasteiger charge is 2.80. The Hall–Kier alpha value is -0.600. The lowest BCUT2D eigenvalue weighted by Gasteiger charge is -2.33. The summed E-state index contributed by atoms with van der Waals surface area (Å²) in [5, 5.41) is 22.5. The quantitative estimate of drug-likeness (QED) is 0.769. The highest BCUT2D eigenvalue weighted by atomic mass is 16.3. The maximum absolute atomic E-state index is 11.3. The largest absolute Gasteiger partial charge is 0.385 e. The zero-order valence-electron chi connectivity index (χ0n) is 13.1. The Morgan fingerprint density at radius 3 is 1.55 bits per heavy atom. The van der Waals surface area contributed by atoms with E-state index < -0.39 is 11.2 Å². The van der Waals surface area contributed by atoms with Gasteiger partial charge in [-0.25, -0.2) is 0 Å². The fraction of sp³-hybridized carbons (Fsp3) is 0.800. The van der Waals surface area contributed by atoms with Crippen LogP contribution in [0, 0.1) is 59.2 Å². The van der Waals surface area contributed by atoms with Crippen LogP contribution in [-0.2, 0) is 0 Å². The number of fused-ring (bicyclic) bond motifs is 3. The van der Waals surface area contributed by atoms with Crippen molar-refractivity contribution in [1.29, 1.82) is 0 Å². The van der Waals surface area contributed by atoms with Crippen LogP contribution in [0.25, 0.3) is 0 Å². The van der Waals surface area contributed by atoms with E-state index in [0.29, 0.717) is 35.5 Å². The number of aliphatic hydroxyl groups is 2. The molecule has 0 spiro atoms. The summed E-state index contributed by atoms with van der Waals surface area (Å²) in [7, 11) is 0. The number of hydrogen-bond acceptors (Lipinski definition) is 2. The first kappa shape index (κ1) is 12.8. The first-order valence-corrected chi connectivity index (χ1v) is 9.26. The van der Waals surface area contributed by atoms with Crippen molar-refractivity contribution in [3.8, 4) is 0 Å². The van der Waals surface area contributed by atoms with E-state index in [4.69, 9.17) is 0 Å². The Morgan fingerprint density at radius 1 is 0.682 bits per heavy atom. The molecule has 2 heteroatoms. The van der Waals surface area contributed by atoms with Crippen LogP contribution in [0.3, 0.4) is 0 Å². The van der Waals surface area contributed by atoms with Gasteiger partial charge in [0.1, 0.15) is 0 Å². The van der Waals surface area contributed by atoms with E-state index in [1.807, 2.05) is 12.2 Å². The van der Waals surface area contributed by atoms with Crippen molar-refractivity contribution in [1.82, 2.24) is 0 Å². The summed E-state index contributed by atoms with van der Waals surface area (Å²) in [6, 6.07) is 0. The second kappa shape index (κ2) is 3.42. The van der Waals surface area contributed by atoms with Crippen molar-refractivity contribution in [3.05, 3.63) is 25.3 Å². The predicted molar refractivity (Wildman–Crippen MR) is 83.7 cm³/mol. The predicted octanol–water partition coefficient (Wildman–Crippen LogP) is 2.62. The Kier molecular flexibility index (Phi) is 1.98. The molecule has 0 radical (unpaired) electrons. The summed E-state index contributed by atoms with van der Waals surface area (Å²) in [6.07, 6.45) is 8.06. The molecule has 2 unspecified atom stereocenters. The molecule has 2 N–H and O–H groups in total. The molecular weight excluding hydrogens is 272 g/mol. The first-order chi connectivity index (χ1) is 10.5. The van der Waals surface area contributed by atoms with E-state index >= 15 is 0 Å². The van der Waals surface area contributed by atoms with Gasteiger partial charge in [-0.2, -0.15) is 0 Å². The minimum atomic E-state index is -0.630. The molecule has 6 fully saturated rings. The standard InChI is InChI=1S/C20H26O2/c1-3-19(21)7-11-12-8-20(22,4-2)18-10-6-5-9-13(10)16(15(12)18)14(11)17(9)19/h3-4,9-18,21-22H,1-2,5-8H2/t9-,10-,11-,12+,13?,14-,15+,16?,17-,18-,19+,20+/m0/s1. The summed E-state index contributed by atoms with van der Waals surface area (Å²) in [6.45, 7) is 7.99. The van der Waals surface area contributed by atoms with Gasteiger partial charge in [0.25, 0.3) is 0 Å². The van der Waals surface area contributed by atoms with Gasteiger partial charge in [0.2, 0.25) is 0 Å². The van der Waals surface area contributed by atoms with E-state index in [9.17, 15) is 10.2 Å². The van der Waals surface area contributed by atoms with Gasteiger partial charge in [-0.3, -0.25) is 0 Å². The highest BCUT2D eigenvalue weighted by Crippen LogP contribution is 2.82. The molecule has 0 amide bonds. The van der Waals surface area contributed by atoms with E-state index in [2.05, 4.69) is 13.2 Å². The molecule has 0 aromatic heterocycles. The summed E-state index contributed by atoms with van der Waals surface area (Å²) in [4.78, 5) is 0. The molecule has 6 aliphatic carbocycles. The first-order valence-electron chi connectivity index (χ1n) is 9.26. The fourth-order valence-corrected chi connectivity index (χ4v) is 9.44. The van der Waals surface area contributed by atoms with Gasteiger partial charge in [0.15, 0.2) is 0 Å². The lowest BCUT2D eigenvalue weighted by atomic mass is 9.76. The third-order valence-corrected chi connectivity index (χ3v) is 9.43. The maximum atomic E-state index is 11.3. The molecule has 0 heterocycles. The van der Waals surface area contributed by atoms with Gasteiger partial charge >= 0.3 is 0 Å². The summed E-state index contributed by atoms with van der Waals surface area (Å²) in [5.41, 5.74) is -1.26. The van der Waals surface area contributed by atoms with Crippen LogP contribution in [0.4, 0.5) is 0 Å². The molecule has 0 aromatic carbocycles. The van der Waals surface area contributed by atoms with Crippen molar-refractivity contribution in [3.63, 3.8) is 0 Å². The average Bonchev–Trinajstić information content (AvgIpc) is 3.23. The normalized spacial score (nSPS) is 72.1. The molecule has 2 nitrogen and oxygen atoms in total. The van der Waals surface area contributed by atoms with Crippen molar-refractivity contribution in [2.45, 2.75) is 36.9 Å². The van der Waals surface area contributed by atoms with E-state index in [1.54, 1.807) is 0 Å². The molecule has 0 aromatic rings. The number of rotatable bonds is 2. The van der Waals surface area contributed by atoms with Crippen LogP contribution >= 0.6 is 0 Å². The van der Waals surface area contributed by atoms with Crippen LogP contribution in [0.2, 0.25) is 0 Å². The Labute approximate surface area is 132 Å². The Morgan fingerprint density at radius 2 is 1.14 bits per heavy atom. The van der Waals surface area contributed by atoms with Gasteiger partial charge in [-0.15, -0.1) is 13.2 Å². The smallest absolute Gasteiger partial charge is 0.0861 e. The van der Waals surface area contributed by atoms with Gasteiger partial charge in [0.05, 0.1) is 11.2 Å². The minimum absolute atomic E-state index is 0.471. The van der Waals surface area contributed by atoms with Crippen molar-refractivity contribution in [2.75, 3.05) is 0 Å². The van der Waals surface area contributed by atoms with Gasteiger partial charge in [-0.05, 0) is 84.9 Å². The molecule has 118 valence electrons. The molecule has 22 heavy (non-hydrogen) atoms. The molecular formula is C20H26O2. The zero-order valence-corrected chi connectivity index (χ0v) is 13.1. The van der Waals surface area contributed by atoms with Crippen LogP contribution in [0.1, 0.15) is 25.7 Å². The topological polar surface area (TPSA) is 40.5 Å². The lowest BCUT2D eigenvalue weighted by Crippen LogP contribution is -2.38. The van der Waals surface area contributed by atoms with Crippen LogP contribution < -0.4 is 0 Å². The summed E-state index contributed by atoms with van der Waals surface area (Å²) < 4.78 is 0. The fourth-order valence-electron chi connectivity index (χ4n) is 9.44. The van der Waals surface area contributed by atoms with E-state index in [0.717, 1.165) is 36.5 Å². The monoisotopic (exact) mass is 298 g/mol. The van der Waals surface area contributed by atoms with E-state index in [-0.39, 0.29) is 0 Å². The minimum Gasteiger partial charge on any atom is -0.385 e. The van der Waals surface area contributed by atoms with Gasteiger partial charge in [0, 0.05) is 0 Å². The average molecular weight is 298 g/mol. The Balaban J connectivity index is 1.57. The van der Waals surface area contributed by atoms with Gasteiger partial charge in [-0.1, -0.05) is 12.2 Å². The molecule has 12 atom stereocenters. The molecule has 6 saturated carbocycles. The van der Waals surface area contributed by atoms with E-state index in [1.165, 1.54) is 12.8 Å². The highest BCUT2D eigenvalue weighted by molar-refractivity contribution is 5.32. The third-order valence-electron chi connectivity index (χ3n) is 9.43. The molecule has 0 bridgehead atoms. The van der Waals surface area contributed by atoms with Crippen LogP contribution in [-0.4, -0.2) is 21.4 Å². The molecule has 6 aliphatic rings.